The number of carboxylic acids is 1. The standard InChI is InChI=1S/C14H20O2/c1-5-6-8-11(2)9-7-10-12(3)13(4)14(15)16/h6-10H,5H2,1-4H3,(H,15,16)/b8-6+,10-7+,11-9+,13-12+. The third-order valence-corrected chi connectivity index (χ3v) is 2.23. The topological polar surface area (TPSA) is 37.3 Å². The van der Waals surface area contributed by atoms with E-state index in [9.17, 15) is 4.79 Å². The first kappa shape index (κ1) is 14.4. The summed E-state index contributed by atoms with van der Waals surface area (Å²) in [5.41, 5.74) is 2.31. The molecule has 0 aromatic rings. The van der Waals surface area contributed by atoms with E-state index >= 15 is 0 Å². The molecule has 88 valence electrons. The first-order valence-corrected chi connectivity index (χ1v) is 5.41. The molecule has 0 aromatic carbocycles. The third kappa shape index (κ3) is 6.02. The van der Waals surface area contributed by atoms with Crippen molar-refractivity contribution in [1.29, 1.82) is 0 Å². The van der Waals surface area contributed by atoms with Gasteiger partial charge in [0.2, 0.25) is 0 Å². The Morgan fingerprint density at radius 1 is 1.19 bits per heavy atom. The van der Waals surface area contributed by atoms with Crippen LogP contribution in [0, 0.1) is 0 Å². The summed E-state index contributed by atoms with van der Waals surface area (Å²) in [6, 6.07) is 0. The molecule has 0 saturated heterocycles. The summed E-state index contributed by atoms with van der Waals surface area (Å²) in [5.74, 6) is -0.867. The van der Waals surface area contributed by atoms with E-state index < -0.39 is 5.97 Å². The van der Waals surface area contributed by atoms with E-state index in [0.717, 1.165) is 17.6 Å². The molecule has 16 heavy (non-hydrogen) atoms. The fourth-order valence-corrected chi connectivity index (χ4v) is 0.997. The summed E-state index contributed by atoms with van der Waals surface area (Å²) in [6.45, 7) is 7.50. The van der Waals surface area contributed by atoms with Gasteiger partial charge in [-0.15, -0.1) is 0 Å². The van der Waals surface area contributed by atoms with Gasteiger partial charge in [0.05, 0.1) is 0 Å². The van der Waals surface area contributed by atoms with Gasteiger partial charge in [-0.05, 0) is 32.8 Å². The molecule has 0 radical (unpaired) electrons. The van der Waals surface area contributed by atoms with Crippen LogP contribution < -0.4 is 0 Å². The van der Waals surface area contributed by atoms with E-state index in [1.807, 2.05) is 31.2 Å². The van der Waals surface area contributed by atoms with E-state index in [0.29, 0.717) is 5.57 Å². The molecule has 0 heterocycles. The largest absolute Gasteiger partial charge is 0.478 e. The summed E-state index contributed by atoms with van der Waals surface area (Å²) in [6.07, 6.45) is 10.8. The Morgan fingerprint density at radius 3 is 2.31 bits per heavy atom. The number of hydrogen-bond acceptors (Lipinski definition) is 1. The van der Waals surface area contributed by atoms with Crippen LogP contribution in [-0.4, -0.2) is 11.1 Å². The molecule has 0 atom stereocenters. The molecule has 0 saturated carbocycles. The van der Waals surface area contributed by atoms with Gasteiger partial charge in [-0.1, -0.05) is 42.9 Å². The van der Waals surface area contributed by atoms with Gasteiger partial charge < -0.3 is 5.11 Å². The van der Waals surface area contributed by atoms with Crippen LogP contribution in [0.5, 0.6) is 0 Å². The van der Waals surface area contributed by atoms with Crippen molar-refractivity contribution in [3.05, 3.63) is 47.1 Å². The zero-order valence-corrected chi connectivity index (χ0v) is 10.4. The molecule has 0 spiro atoms. The average molecular weight is 220 g/mol. The second kappa shape index (κ2) is 7.69. The van der Waals surface area contributed by atoms with Gasteiger partial charge in [-0.2, -0.15) is 0 Å². The lowest BCUT2D eigenvalue weighted by Gasteiger charge is -1.96. The molecule has 0 unspecified atom stereocenters. The highest BCUT2D eigenvalue weighted by Gasteiger charge is 2.01. The molecule has 0 amide bonds. The van der Waals surface area contributed by atoms with Gasteiger partial charge >= 0.3 is 5.97 Å². The number of hydrogen-bond donors (Lipinski definition) is 1. The minimum atomic E-state index is -0.867. The molecule has 0 aliphatic carbocycles. The Hall–Kier alpha value is -1.57. The molecule has 0 rings (SSSR count). The SMILES string of the molecule is CC/C=C/C(C)=C/C=C/C(C)=C(\C)C(=O)O. The molecule has 0 bridgehead atoms. The Balaban J connectivity index is 4.57. The maximum atomic E-state index is 10.7. The molecular formula is C14H20O2. The second-order valence-corrected chi connectivity index (χ2v) is 3.69. The van der Waals surface area contributed by atoms with Gasteiger partial charge in [0.15, 0.2) is 0 Å². The van der Waals surface area contributed by atoms with Crippen LogP contribution in [0.15, 0.2) is 47.1 Å². The van der Waals surface area contributed by atoms with Crippen LogP contribution in [0.1, 0.15) is 34.1 Å². The molecule has 2 heteroatoms. The fourth-order valence-electron chi connectivity index (χ4n) is 0.997. The molecule has 2 nitrogen and oxygen atoms in total. The lowest BCUT2D eigenvalue weighted by Crippen LogP contribution is -1.97. The molecular weight excluding hydrogens is 200 g/mol. The smallest absolute Gasteiger partial charge is 0.331 e. The quantitative estimate of drug-likeness (QED) is 0.564. The lowest BCUT2D eigenvalue weighted by molar-refractivity contribution is -0.132. The Bertz CT molecular complexity index is 355. The van der Waals surface area contributed by atoms with Gasteiger partial charge in [0, 0.05) is 5.57 Å². The number of rotatable bonds is 5. The first-order chi connectivity index (χ1) is 7.49. The van der Waals surface area contributed by atoms with Gasteiger partial charge in [-0.3, -0.25) is 0 Å². The number of allylic oxidation sites excluding steroid dienone is 7. The Kier molecular flexibility index (Phi) is 6.93. The zero-order chi connectivity index (χ0) is 12.6. The van der Waals surface area contributed by atoms with Crippen LogP contribution >= 0.6 is 0 Å². The normalized spacial score (nSPS) is 14.6. The van der Waals surface area contributed by atoms with Crippen molar-refractivity contribution in [3.8, 4) is 0 Å². The summed E-state index contributed by atoms with van der Waals surface area (Å²) in [7, 11) is 0. The van der Waals surface area contributed by atoms with Crippen LogP contribution in [-0.2, 0) is 4.79 Å². The lowest BCUT2D eigenvalue weighted by atomic mass is 10.1. The maximum absolute atomic E-state index is 10.7. The Labute approximate surface area is 97.7 Å². The summed E-state index contributed by atoms with van der Waals surface area (Å²) in [5, 5.41) is 8.76. The predicted octanol–water partition coefficient (Wildman–Crippen LogP) is 3.88. The monoisotopic (exact) mass is 220 g/mol. The Morgan fingerprint density at radius 2 is 1.81 bits per heavy atom. The van der Waals surface area contributed by atoms with Crippen molar-refractivity contribution in [2.75, 3.05) is 0 Å². The molecule has 0 aliphatic rings. The summed E-state index contributed by atoms with van der Waals surface area (Å²) >= 11 is 0. The molecule has 0 aromatic heterocycles. The van der Waals surface area contributed by atoms with Crippen molar-refractivity contribution in [2.45, 2.75) is 34.1 Å². The molecule has 0 fully saturated rings. The highest BCUT2D eigenvalue weighted by atomic mass is 16.4. The highest BCUT2D eigenvalue weighted by Crippen LogP contribution is 2.05. The van der Waals surface area contributed by atoms with Crippen molar-refractivity contribution in [3.63, 3.8) is 0 Å². The highest BCUT2D eigenvalue weighted by molar-refractivity contribution is 5.87. The van der Waals surface area contributed by atoms with Crippen LogP contribution in [0.2, 0.25) is 0 Å². The fraction of sp³-hybridized carbons (Fsp3) is 0.357. The second-order valence-electron chi connectivity index (χ2n) is 3.69. The number of carboxylic acid groups (broad SMARTS) is 1. The van der Waals surface area contributed by atoms with E-state index in [1.54, 1.807) is 13.8 Å². The summed E-state index contributed by atoms with van der Waals surface area (Å²) < 4.78 is 0. The summed E-state index contributed by atoms with van der Waals surface area (Å²) in [4.78, 5) is 10.7. The van der Waals surface area contributed by atoms with Crippen molar-refractivity contribution in [2.24, 2.45) is 0 Å². The maximum Gasteiger partial charge on any atom is 0.331 e. The van der Waals surface area contributed by atoms with Gasteiger partial charge in [0.25, 0.3) is 0 Å². The minimum Gasteiger partial charge on any atom is -0.478 e. The average Bonchev–Trinajstić information content (AvgIpc) is 2.24. The molecule has 0 aliphatic heterocycles. The van der Waals surface area contributed by atoms with E-state index in [2.05, 4.69) is 13.0 Å². The van der Waals surface area contributed by atoms with E-state index in [4.69, 9.17) is 5.11 Å². The predicted molar refractivity (Wildman–Crippen MR) is 68.3 cm³/mol. The van der Waals surface area contributed by atoms with Crippen LogP contribution in [0.4, 0.5) is 0 Å². The zero-order valence-electron chi connectivity index (χ0n) is 10.4. The number of aliphatic carboxylic acids is 1. The van der Waals surface area contributed by atoms with Crippen molar-refractivity contribution >= 4 is 5.97 Å². The minimum absolute atomic E-state index is 0.381. The third-order valence-electron chi connectivity index (χ3n) is 2.23. The van der Waals surface area contributed by atoms with Crippen LogP contribution in [0.25, 0.3) is 0 Å². The van der Waals surface area contributed by atoms with Crippen LogP contribution in [0.3, 0.4) is 0 Å². The van der Waals surface area contributed by atoms with E-state index in [1.165, 1.54) is 0 Å². The first-order valence-electron chi connectivity index (χ1n) is 5.41. The van der Waals surface area contributed by atoms with Gasteiger partial charge in [0.1, 0.15) is 0 Å². The van der Waals surface area contributed by atoms with E-state index in [-0.39, 0.29) is 0 Å². The van der Waals surface area contributed by atoms with Crippen molar-refractivity contribution in [1.82, 2.24) is 0 Å². The number of carbonyl (C=O) groups is 1. The molecule has 1 N–H and O–H groups in total. The van der Waals surface area contributed by atoms with Crippen molar-refractivity contribution < 1.29 is 9.90 Å². The van der Waals surface area contributed by atoms with Gasteiger partial charge in [-0.25, -0.2) is 4.79 Å².